The van der Waals surface area contributed by atoms with Crippen LogP contribution >= 0.6 is 27.7 Å². The van der Waals surface area contributed by atoms with E-state index in [2.05, 4.69) is 52.1 Å². The van der Waals surface area contributed by atoms with Gasteiger partial charge in [0.1, 0.15) is 0 Å². The van der Waals surface area contributed by atoms with Crippen molar-refractivity contribution >= 4 is 27.7 Å². The average Bonchev–Trinajstić information content (AvgIpc) is 2.22. The number of hydrogen-bond acceptors (Lipinski definition) is 2. The van der Waals surface area contributed by atoms with Crippen LogP contribution < -0.4 is 0 Å². The van der Waals surface area contributed by atoms with Crippen LogP contribution in [-0.2, 0) is 0 Å². The van der Waals surface area contributed by atoms with Gasteiger partial charge in [0.15, 0.2) is 0 Å². The first-order chi connectivity index (χ1) is 7.24. The van der Waals surface area contributed by atoms with E-state index in [1.807, 2.05) is 11.8 Å². The third-order valence-electron chi connectivity index (χ3n) is 2.70. The number of thioether (sulfide) groups is 1. The summed E-state index contributed by atoms with van der Waals surface area (Å²) < 4.78 is 1.16. The van der Waals surface area contributed by atoms with E-state index in [1.54, 1.807) is 0 Å². The van der Waals surface area contributed by atoms with Gasteiger partial charge in [0.2, 0.25) is 0 Å². The fourth-order valence-corrected chi connectivity index (χ4v) is 3.48. The van der Waals surface area contributed by atoms with E-state index in [9.17, 15) is 0 Å². The van der Waals surface area contributed by atoms with Crippen molar-refractivity contribution in [2.45, 2.75) is 23.0 Å². The van der Waals surface area contributed by atoms with Crippen molar-refractivity contribution in [2.24, 2.45) is 0 Å². The number of hydrogen-bond donors (Lipinski definition) is 0. The van der Waals surface area contributed by atoms with Gasteiger partial charge < -0.3 is 4.90 Å². The molecule has 3 heteroatoms. The molecule has 0 N–H and O–H groups in total. The lowest BCUT2D eigenvalue weighted by molar-refractivity contribution is 0.283. The van der Waals surface area contributed by atoms with Gasteiger partial charge in [-0.05, 0) is 50.7 Å². The zero-order chi connectivity index (χ0) is 10.7. The minimum absolute atomic E-state index is 0.768. The Hall–Kier alpha value is 0.01000. The van der Waals surface area contributed by atoms with Gasteiger partial charge in [-0.1, -0.05) is 15.9 Å². The van der Waals surface area contributed by atoms with Gasteiger partial charge in [0.25, 0.3) is 0 Å². The highest BCUT2D eigenvalue weighted by atomic mass is 79.9. The molecule has 1 aromatic rings. The van der Waals surface area contributed by atoms with Crippen molar-refractivity contribution in [1.82, 2.24) is 4.90 Å². The summed E-state index contributed by atoms with van der Waals surface area (Å²) in [6.45, 7) is 2.48. The second kappa shape index (κ2) is 5.37. The molecule has 0 aromatic heterocycles. The molecule has 1 unspecified atom stereocenters. The van der Waals surface area contributed by atoms with Gasteiger partial charge in [-0.3, -0.25) is 0 Å². The van der Waals surface area contributed by atoms with Crippen LogP contribution in [0.3, 0.4) is 0 Å². The molecule has 0 saturated carbocycles. The number of benzene rings is 1. The van der Waals surface area contributed by atoms with Crippen molar-refractivity contribution < 1.29 is 0 Å². The summed E-state index contributed by atoms with van der Waals surface area (Å²) in [5, 5.41) is 0.768. The Balaban J connectivity index is 1.93. The number of nitrogens with zero attached hydrogens (tertiary/aromatic N) is 1. The summed E-state index contributed by atoms with van der Waals surface area (Å²) >= 11 is 5.48. The maximum absolute atomic E-state index is 3.46. The van der Waals surface area contributed by atoms with Crippen molar-refractivity contribution in [3.63, 3.8) is 0 Å². The molecule has 0 spiro atoms. The lowest BCUT2D eigenvalue weighted by Crippen LogP contribution is -2.33. The quantitative estimate of drug-likeness (QED) is 0.816. The lowest BCUT2D eigenvalue weighted by Gasteiger charge is -2.29. The van der Waals surface area contributed by atoms with Crippen LogP contribution in [0.25, 0.3) is 0 Å². The first-order valence-electron chi connectivity index (χ1n) is 5.35. The fraction of sp³-hybridized carbons (Fsp3) is 0.500. The van der Waals surface area contributed by atoms with Crippen LogP contribution in [0.2, 0.25) is 0 Å². The van der Waals surface area contributed by atoms with Gasteiger partial charge in [-0.15, -0.1) is 11.8 Å². The molecule has 1 heterocycles. The normalized spacial score (nSPS) is 22.9. The van der Waals surface area contributed by atoms with E-state index in [0.717, 1.165) is 9.72 Å². The van der Waals surface area contributed by atoms with Crippen LogP contribution in [0, 0.1) is 0 Å². The molecule has 15 heavy (non-hydrogen) atoms. The largest absolute Gasteiger partial charge is 0.305 e. The van der Waals surface area contributed by atoms with E-state index < -0.39 is 0 Å². The minimum Gasteiger partial charge on any atom is -0.305 e. The lowest BCUT2D eigenvalue weighted by atomic mass is 10.1. The highest BCUT2D eigenvalue weighted by Crippen LogP contribution is 2.29. The van der Waals surface area contributed by atoms with Crippen LogP contribution in [0.5, 0.6) is 0 Å². The number of piperidine rings is 1. The Kier molecular flexibility index (Phi) is 4.12. The highest BCUT2D eigenvalue weighted by Gasteiger charge is 2.17. The van der Waals surface area contributed by atoms with E-state index >= 15 is 0 Å². The first-order valence-corrected chi connectivity index (χ1v) is 7.02. The Bertz CT molecular complexity index is 312. The second-order valence-electron chi connectivity index (χ2n) is 4.10. The predicted octanol–water partition coefficient (Wildman–Crippen LogP) is 3.64. The van der Waals surface area contributed by atoms with E-state index in [0.29, 0.717) is 0 Å². The predicted molar refractivity (Wildman–Crippen MR) is 70.5 cm³/mol. The van der Waals surface area contributed by atoms with Crippen LogP contribution in [0.1, 0.15) is 12.8 Å². The summed E-state index contributed by atoms with van der Waals surface area (Å²) in [5.41, 5.74) is 0. The van der Waals surface area contributed by atoms with Crippen LogP contribution in [0.4, 0.5) is 0 Å². The molecule has 1 aliphatic rings. The van der Waals surface area contributed by atoms with Gasteiger partial charge in [-0.25, -0.2) is 0 Å². The molecule has 1 atom stereocenters. The monoisotopic (exact) mass is 285 g/mol. The van der Waals surface area contributed by atoms with Gasteiger partial charge in [0.05, 0.1) is 0 Å². The zero-order valence-corrected chi connectivity index (χ0v) is 11.4. The van der Waals surface area contributed by atoms with Crippen molar-refractivity contribution in [3.8, 4) is 0 Å². The second-order valence-corrected chi connectivity index (χ2v) is 6.39. The van der Waals surface area contributed by atoms with Crippen molar-refractivity contribution in [1.29, 1.82) is 0 Å². The van der Waals surface area contributed by atoms with Crippen LogP contribution in [0.15, 0.2) is 33.6 Å². The molecule has 1 saturated heterocycles. The number of likely N-dealkylation sites (tertiary alicyclic amines) is 1. The molecule has 0 aliphatic carbocycles. The third kappa shape index (κ3) is 3.51. The summed E-state index contributed by atoms with van der Waals surface area (Å²) in [7, 11) is 2.22. The Morgan fingerprint density at radius 3 is 2.73 bits per heavy atom. The van der Waals surface area contributed by atoms with Crippen LogP contribution in [-0.4, -0.2) is 30.3 Å². The summed E-state index contributed by atoms with van der Waals surface area (Å²) in [6.07, 6.45) is 2.69. The SMILES string of the molecule is CN1CCCC(Sc2ccc(Br)cc2)C1. The molecule has 1 aliphatic heterocycles. The van der Waals surface area contributed by atoms with Gasteiger partial charge in [0, 0.05) is 21.2 Å². The molecular weight excluding hydrogens is 270 g/mol. The smallest absolute Gasteiger partial charge is 0.0222 e. The molecular formula is C12H16BrNS. The van der Waals surface area contributed by atoms with E-state index in [1.165, 1.54) is 30.8 Å². The molecule has 0 amide bonds. The molecule has 1 nitrogen and oxygen atoms in total. The Labute approximate surface area is 104 Å². The van der Waals surface area contributed by atoms with E-state index in [4.69, 9.17) is 0 Å². The first kappa shape index (κ1) is 11.5. The Morgan fingerprint density at radius 2 is 2.07 bits per heavy atom. The Morgan fingerprint density at radius 1 is 1.33 bits per heavy atom. The highest BCUT2D eigenvalue weighted by molar-refractivity contribution is 9.10. The maximum Gasteiger partial charge on any atom is 0.0222 e. The molecule has 0 radical (unpaired) electrons. The van der Waals surface area contributed by atoms with E-state index in [-0.39, 0.29) is 0 Å². The molecule has 1 aromatic carbocycles. The van der Waals surface area contributed by atoms with Gasteiger partial charge in [-0.2, -0.15) is 0 Å². The number of rotatable bonds is 2. The standard InChI is InChI=1S/C12H16BrNS/c1-14-8-2-3-12(9-14)15-11-6-4-10(13)5-7-11/h4-7,12H,2-3,8-9H2,1H3. The third-order valence-corrected chi connectivity index (χ3v) is 4.49. The number of halogens is 1. The summed E-state index contributed by atoms with van der Waals surface area (Å²) in [6, 6.07) is 8.64. The average molecular weight is 286 g/mol. The maximum atomic E-state index is 3.46. The summed E-state index contributed by atoms with van der Waals surface area (Å²) in [5.74, 6) is 0. The van der Waals surface area contributed by atoms with Crippen molar-refractivity contribution in [3.05, 3.63) is 28.7 Å². The molecule has 0 bridgehead atoms. The minimum atomic E-state index is 0.768. The topological polar surface area (TPSA) is 3.24 Å². The van der Waals surface area contributed by atoms with Crippen molar-refractivity contribution in [2.75, 3.05) is 20.1 Å². The van der Waals surface area contributed by atoms with Gasteiger partial charge >= 0.3 is 0 Å². The summed E-state index contributed by atoms with van der Waals surface area (Å²) in [4.78, 5) is 3.82. The fourth-order valence-electron chi connectivity index (χ4n) is 1.92. The zero-order valence-electron chi connectivity index (χ0n) is 8.95. The molecule has 1 fully saturated rings. The molecule has 2 rings (SSSR count). The molecule has 82 valence electrons.